The van der Waals surface area contributed by atoms with E-state index in [0.717, 1.165) is 18.6 Å². The topological polar surface area (TPSA) is 43.1 Å². The van der Waals surface area contributed by atoms with Crippen molar-refractivity contribution in [2.45, 2.75) is 36.0 Å². The van der Waals surface area contributed by atoms with Crippen molar-refractivity contribution in [2.75, 3.05) is 0 Å². The maximum Gasteiger partial charge on any atom is 0.139 e. The molecule has 0 fully saturated rings. The fourth-order valence-electron chi connectivity index (χ4n) is 2.11. The largest absolute Gasteiger partial charge is 0.323 e. The van der Waals surface area contributed by atoms with Crippen molar-refractivity contribution in [2.24, 2.45) is 5.73 Å². The van der Waals surface area contributed by atoms with E-state index >= 15 is 0 Å². The molecule has 0 aliphatic carbocycles. The molecule has 3 atom stereocenters. The van der Waals surface area contributed by atoms with Gasteiger partial charge in [-0.05, 0) is 18.6 Å². The summed E-state index contributed by atoms with van der Waals surface area (Å²) in [6.45, 7) is 1.93. The Balaban J connectivity index is 2.54. The average molecular weight is 245 g/mol. The number of hydrogen-bond acceptors (Lipinski definition) is 2. The van der Waals surface area contributed by atoms with E-state index in [1.54, 1.807) is 0 Å². The molecule has 1 aliphatic rings. The van der Waals surface area contributed by atoms with Gasteiger partial charge in [0.15, 0.2) is 0 Å². The monoisotopic (exact) mass is 245 g/mol. The van der Waals surface area contributed by atoms with Gasteiger partial charge in [-0.15, -0.1) is 0 Å². The second-order valence-electron chi connectivity index (χ2n) is 3.92. The first-order valence-electron chi connectivity index (χ1n) is 5.22. The lowest BCUT2D eigenvalue weighted by atomic mass is 10.0. The molecule has 1 heterocycles. The van der Waals surface area contributed by atoms with Crippen LogP contribution in [-0.4, -0.2) is 9.46 Å². The summed E-state index contributed by atoms with van der Waals surface area (Å²) in [5, 5.41) is -0.369. The van der Waals surface area contributed by atoms with E-state index in [1.165, 1.54) is 0 Å². The van der Waals surface area contributed by atoms with E-state index in [0.29, 0.717) is 6.42 Å². The fourth-order valence-corrected chi connectivity index (χ4v) is 3.97. The molecule has 88 valence electrons. The lowest BCUT2D eigenvalue weighted by molar-refractivity contribution is 0.537. The molecule has 3 unspecified atom stereocenters. The predicted octanol–water partition coefficient (Wildman–Crippen LogP) is 2.25. The first-order valence-corrected chi connectivity index (χ1v) is 6.43. The smallest absolute Gasteiger partial charge is 0.139 e. The zero-order valence-electron chi connectivity index (χ0n) is 8.87. The molecular weight excluding hydrogens is 232 g/mol. The van der Waals surface area contributed by atoms with Crippen LogP contribution in [0.5, 0.6) is 0 Å². The van der Waals surface area contributed by atoms with E-state index in [1.807, 2.05) is 6.92 Å². The Kier molecular flexibility index (Phi) is 3.08. The maximum atomic E-state index is 13.5. The number of rotatable bonds is 2. The average Bonchev–Trinajstić information content (AvgIpc) is 2.50. The van der Waals surface area contributed by atoms with Crippen LogP contribution < -0.4 is 5.73 Å². The van der Waals surface area contributed by atoms with Gasteiger partial charge in [0, 0.05) is 11.6 Å². The number of halogens is 2. The van der Waals surface area contributed by atoms with Crippen molar-refractivity contribution < 1.29 is 13.0 Å². The zero-order chi connectivity index (χ0) is 11.9. The first-order chi connectivity index (χ1) is 7.57. The second kappa shape index (κ2) is 4.22. The van der Waals surface area contributed by atoms with E-state index in [4.69, 9.17) is 5.73 Å². The summed E-state index contributed by atoms with van der Waals surface area (Å²) < 4.78 is 39.0. The van der Waals surface area contributed by atoms with Crippen molar-refractivity contribution >= 4 is 10.8 Å². The third-order valence-corrected chi connectivity index (χ3v) is 4.77. The molecule has 1 aromatic rings. The Labute approximate surface area is 95.3 Å². The highest BCUT2D eigenvalue weighted by Gasteiger charge is 2.40. The Morgan fingerprint density at radius 2 is 2.00 bits per heavy atom. The first kappa shape index (κ1) is 11.7. The quantitative estimate of drug-likeness (QED) is 0.868. The van der Waals surface area contributed by atoms with Gasteiger partial charge in [-0.2, -0.15) is 0 Å². The molecule has 0 spiro atoms. The van der Waals surface area contributed by atoms with E-state index in [-0.39, 0.29) is 15.7 Å². The molecule has 0 amide bonds. The van der Waals surface area contributed by atoms with Crippen LogP contribution in [0.15, 0.2) is 17.0 Å². The Morgan fingerprint density at radius 3 is 2.56 bits per heavy atom. The molecule has 2 N–H and O–H groups in total. The van der Waals surface area contributed by atoms with Crippen molar-refractivity contribution in [3.8, 4) is 0 Å². The van der Waals surface area contributed by atoms with Crippen LogP contribution in [0.25, 0.3) is 0 Å². The van der Waals surface area contributed by atoms with Crippen LogP contribution in [0, 0.1) is 11.6 Å². The summed E-state index contributed by atoms with van der Waals surface area (Å²) in [4.78, 5) is -0.0362. The Morgan fingerprint density at radius 1 is 1.38 bits per heavy atom. The SMILES string of the molecule is CCCC1C(N)c2c(F)ccc(F)c2S1=O. The third-order valence-electron chi connectivity index (χ3n) is 2.88. The van der Waals surface area contributed by atoms with Crippen LogP contribution in [-0.2, 0) is 10.8 Å². The lowest BCUT2D eigenvalue weighted by Crippen LogP contribution is -2.23. The van der Waals surface area contributed by atoms with Crippen molar-refractivity contribution in [1.82, 2.24) is 0 Å². The van der Waals surface area contributed by atoms with Crippen molar-refractivity contribution in [3.63, 3.8) is 0 Å². The van der Waals surface area contributed by atoms with Crippen molar-refractivity contribution in [1.29, 1.82) is 0 Å². The summed E-state index contributed by atoms with van der Waals surface area (Å²) in [5.74, 6) is -1.18. The highest BCUT2D eigenvalue weighted by molar-refractivity contribution is 7.86. The number of fused-ring (bicyclic) bond motifs is 1. The second-order valence-corrected chi connectivity index (χ2v) is 5.53. The molecule has 0 radical (unpaired) electrons. The van der Waals surface area contributed by atoms with Crippen molar-refractivity contribution in [3.05, 3.63) is 29.3 Å². The molecular formula is C11H13F2NOS. The molecule has 16 heavy (non-hydrogen) atoms. The van der Waals surface area contributed by atoms with Crippen LogP contribution in [0.2, 0.25) is 0 Å². The van der Waals surface area contributed by atoms with Gasteiger partial charge < -0.3 is 5.73 Å². The molecule has 0 bridgehead atoms. The number of nitrogens with two attached hydrogens (primary N) is 1. The minimum absolute atomic E-state index is 0.0362. The van der Waals surface area contributed by atoms with Crippen LogP contribution in [0.4, 0.5) is 8.78 Å². The summed E-state index contributed by atoms with van der Waals surface area (Å²) in [7, 11) is -1.53. The van der Waals surface area contributed by atoms with Gasteiger partial charge in [-0.1, -0.05) is 13.3 Å². The molecule has 0 saturated carbocycles. The van der Waals surface area contributed by atoms with Gasteiger partial charge in [0.25, 0.3) is 0 Å². The van der Waals surface area contributed by atoms with Gasteiger partial charge in [0.05, 0.1) is 20.9 Å². The van der Waals surface area contributed by atoms with Gasteiger partial charge in [0.1, 0.15) is 11.6 Å². The standard InChI is InChI=1S/C11H13F2NOS/c1-2-3-8-10(14)9-6(12)4-5-7(13)11(9)16(8)15/h4-5,8,10H,2-3,14H2,1H3. The number of benzene rings is 1. The molecule has 1 aromatic carbocycles. The van der Waals surface area contributed by atoms with Gasteiger partial charge >= 0.3 is 0 Å². The number of hydrogen-bond donors (Lipinski definition) is 1. The highest BCUT2D eigenvalue weighted by atomic mass is 32.2. The molecule has 1 aliphatic heterocycles. The van der Waals surface area contributed by atoms with E-state index in [2.05, 4.69) is 0 Å². The Bertz CT molecular complexity index is 450. The predicted molar refractivity (Wildman–Crippen MR) is 58.4 cm³/mol. The van der Waals surface area contributed by atoms with Crippen LogP contribution >= 0.6 is 0 Å². The zero-order valence-corrected chi connectivity index (χ0v) is 9.69. The minimum Gasteiger partial charge on any atom is -0.323 e. The van der Waals surface area contributed by atoms with Crippen LogP contribution in [0.3, 0.4) is 0 Å². The summed E-state index contributed by atoms with van der Waals surface area (Å²) in [6, 6.07) is 1.39. The van der Waals surface area contributed by atoms with Gasteiger partial charge in [-0.3, -0.25) is 4.21 Å². The molecule has 0 saturated heterocycles. The third kappa shape index (κ3) is 1.58. The maximum absolute atomic E-state index is 13.5. The molecule has 0 aromatic heterocycles. The highest BCUT2D eigenvalue weighted by Crippen LogP contribution is 2.39. The van der Waals surface area contributed by atoms with Crippen LogP contribution in [0.1, 0.15) is 31.4 Å². The normalized spacial score (nSPS) is 28.1. The molecule has 2 rings (SSSR count). The minimum atomic E-state index is -1.53. The van der Waals surface area contributed by atoms with E-state index in [9.17, 15) is 13.0 Å². The van der Waals surface area contributed by atoms with Gasteiger partial charge in [-0.25, -0.2) is 8.78 Å². The molecule has 2 nitrogen and oxygen atoms in total. The Hall–Kier alpha value is -0.810. The lowest BCUT2D eigenvalue weighted by Gasteiger charge is -2.13. The summed E-state index contributed by atoms with van der Waals surface area (Å²) in [6.07, 6.45) is 1.41. The summed E-state index contributed by atoms with van der Waals surface area (Å²) in [5.41, 5.74) is 5.93. The fraction of sp³-hybridized carbons (Fsp3) is 0.455. The van der Waals surface area contributed by atoms with E-state index < -0.39 is 28.5 Å². The summed E-state index contributed by atoms with van der Waals surface area (Å²) >= 11 is 0. The molecule has 5 heteroatoms. The van der Waals surface area contributed by atoms with Gasteiger partial charge in [0.2, 0.25) is 0 Å².